The van der Waals surface area contributed by atoms with Crippen LogP contribution in [0.5, 0.6) is 0 Å². The predicted octanol–water partition coefficient (Wildman–Crippen LogP) is 2.73. The van der Waals surface area contributed by atoms with Crippen molar-refractivity contribution in [1.82, 2.24) is 9.55 Å². The third kappa shape index (κ3) is 4.03. The molecule has 7 heteroatoms. The minimum absolute atomic E-state index is 0.00532. The molecule has 1 amide bonds. The summed E-state index contributed by atoms with van der Waals surface area (Å²) in [5.41, 5.74) is 5.39. The van der Waals surface area contributed by atoms with Crippen LogP contribution in [0.25, 0.3) is 0 Å². The first-order chi connectivity index (χ1) is 13.3. The van der Waals surface area contributed by atoms with Gasteiger partial charge >= 0.3 is 5.69 Å². The molecule has 2 bridgehead atoms. The number of hydrogen-bond acceptors (Lipinski definition) is 4. The van der Waals surface area contributed by atoms with E-state index in [4.69, 9.17) is 5.73 Å². The van der Waals surface area contributed by atoms with Gasteiger partial charge in [-0.2, -0.15) is 0 Å². The molecule has 0 aromatic carbocycles. The van der Waals surface area contributed by atoms with Crippen LogP contribution in [0.3, 0.4) is 0 Å². The third-order valence-electron chi connectivity index (χ3n) is 6.47. The van der Waals surface area contributed by atoms with Crippen LogP contribution in [0.2, 0.25) is 0 Å². The second-order valence-electron chi connectivity index (χ2n) is 8.95. The van der Waals surface area contributed by atoms with E-state index in [1.165, 1.54) is 11.0 Å². The van der Waals surface area contributed by atoms with Crippen molar-refractivity contribution < 1.29 is 4.79 Å². The molecule has 3 N–H and O–H groups in total. The number of aromatic nitrogens is 2. The minimum Gasteiger partial charge on any atom is -0.383 e. The van der Waals surface area contributed by atoms with Gasteiger partial charge in [-0.3, -0.25) is 19.1 Å². The molecule has 2 aliphatic rings. The first-order valence-corrected chi connectivity index (χ1v) is 10.8. The molecular weight excluding hydrogens is 356 g/mol. The average molecular weight is 391 g/mol. The van der Waals surface area contributed by atoms with E-state index < -0.39 is 11.2 Å². The number of H-pyrrole nitrogens is 1. The molecule has 28 heavy (non-hydrogen) atoms. The SMILES string of the molecule is CCCCn1c(N)c(N(CCC(C)C)C(=O)C2CC3CCC2C3)c(=O)[nH]c1=O. The maximum absolute atomic E-state index is 13.5. The van der Waals surface area contributed by atoms with Crippen molar-refractivity contribution in [3.8, 4) is 0 Å². The molecule has 0 radical (unpaired) electrons. The molecule has 0 aliphatic heterocycles. The number of anilines is 2. The summed E-state index contributed by atoms with van der Waals surface area (Å²) < 4.78 is 1.40. The van der Waals surface area contributed by atoms with Crippen LogP contribution in [-0.4, -0.2) is 22.0 Å². The summed E-state index contributed by atoms with van der Waals surface area (Å²) in [4.78, 5) is 42.4. The van der Waals surface area contributed by atoms with Crippen LogP contribution in [0.4, 0.5) is 11.5 Å². The van der Waals surface area contributed by atoms with Crippen LogP contribution < -0.4 is 21.9 Å². The summed E-state index contributed by atoms with van der Waals surface area (Å²) in [6, 6.07) is 0. The number of fused-ring (bicyclic) bond motifs is 2. The second-order valence-corrected chi connectivity index (χ2v) is 8.95. The maximum Gasteiger partial charge on any atom is 0.330 e. The van der Waals surface area contributed by atoms with E-state index in [0.717, 1.165) is 38.5 Å². The van der Waals surface area contributed by atoms with Crippen LogP contribution in [0.1, 0.15) is 65.7 Å². The Hall–Kier alpha value is -2.05. The zero-order valence-electron chi connectivity index (χ0n) is 17.4. The van der Waals surface area contributed by atoms with Crippen molar-refractivity contribution in [2.24, 2.45) is 23.7 Å². The lowest BCUT2D eigenvalue weighted by Gasteiger charge is -2.30. The highest BCUT2D eigenvalue weighted by Gasteiger charge is 2.45. The van der Waals surface area contributed by atoms with Gasteiger partial charge in [0.25, 0.3) is 5.56 Å². The number of nitrogens with one attached hydrogen (secondary N) is 1. The molecule has 2 aliphatic carbocycles. The van der Waals surface area contributed by atoms with Crippen molar-refractivity contribution in [2.45, 2.75) is 72.3 Å². The highest BCUT2D eigenvalue weighted by Crippen LogP contribution is 2.49. The Morgan fingerprint density at radius 1 is 1.29 bits per heavy atom. The van der Waals surface area contributed by atoms with Gasteiger partial charge in [0, 0.05) is 19.0 Å². The molecule has 1 heterocycles. The fraction of sp³-hybridized carbons (Fsp3) is 0.762. The number of amides is 1. The van der Waals surface area contributed by atoms with E-state index in [9.17, 15) is 14.4 Å². The van der Waals surface area contributed by atoms with E-state index in [0.29, 0.717) is 30.8 Å². The van der Waals surface area contributed by atoms with Gasteiger partial charge in [-0.25, -0.2) is 4.79 Å². The number of carbonyl (C=O) groups excluding carboxylic acids is 1. The minimum atomic E-state index is -0.560. The number of nitrogens with two attached hydrogens (primary N) is 1. The molecule has 1 aromatic heterocycles. The number of hydrogen-bond donors (Lipinski definition) is 2. The Bertz CT molecular complexity index is 826. The quantitative estimate of drug-likeness (QED) is 0.712. The van der Waals surface area contributed by atoms with Crippen molar-refractivity contribution in [1.29, 1.82) is 0 Å². The van der Waals surface area contributed by atoms with Gasteiger partial charge in [-0.1, -0.05) is 33.6 Å². The van der Waals surface area contributed by atoms with E-state index >= 15 is 0 Å². The predicted molar refractivity (Wildman–Crippen MR) is 111 cm³/mol. The molecule has 0 spiro atoms. The van der Waals surface area contributed by atoms with Gasteiger partial charge in [-0.15, -0.1) is 0 Å². The number of carbonyl (C=O) groups is 1. The summed E-state index contributed by atoms with van der Waals surface area (Å²) in [7, 11) is 0. The van der Waals surface area contributed by atoms with Gasteiger partial charge in [0.15, 0.2) is 5.69 Å². The Labute approximate surface area is 166 Å². The molecule has 3 rings (SSSR count). The molecule has 2 saturated carbocycles. The summed E-state index contributed by atoms with van der Waals surface area (Å²) >= 11 is 0. The number of aromatic amines is 1. The standard InChI is InChI=1S/C21H34N4O3/c1-4-5-9-25-18(22)17(19(26)23-21(25)28)24(10-8-13(2)3)20(27)16-12-14-6-7-15(16)11-14/h13-16H,4-12,22H2,1-3H3,(H,23,26,28). The Morgan fingerprint density at radius 2 is 2.04 bits per heavy atom. The lowest BCUT2D eigenvalue weighted by atomic mass is 9.87. The van der Waals surface area contributed by atoms with Gasteiger partial charge in [0.05, 0.1) is 0 Å². The first kappa shape index (κ1) is 20.7. The number of nitrogens with zero attached hydrogens (tertiary/aromatic N) is 2. The maximum atomic E-state index is 13.5. The average Bonchev–Trinajstić information content (AvgIpc) is 3.26. The van der Waals surface area contributed by atoms with Crippen molar-refractivity contribution in [2.75, 3.05) is 17.2 Å². The van der Waals surface area contributed by atoms with Gasteiger partial charge in [0.2, 0.25) is 5.91 Å². The normalized spacial score (nSPS) is 23.5. The van der Waals surface area contributed by atoms with E-state index in [2.05, 4.69) is 18.8 Å². The Morgan fingerprint density at radius 3 is 2.61 bits per heavy atom. The molecule has 3 unspecified atom stereocenters. The second kappa shape index (κ2) is 8.53. The molecule has 3 atom stereocenters. The van der Waals surface area contributed by atoms with Crippen molar-refractivity contribution in [3.05, 3.63) is 20.8 Å². The highest BCUT2D eigenvalue weighted by molar-refractivity contribution is 5.97. The molecular formula is C21H34N4O3. The summed E-state index contributed by atoms with van der Waals surface area (Å²) in [5.74, 6) is 1.54. The lowest BCUT2D eigenvalue weighted by molar-refractivity contribution is -0.123. The third-order valence-corrected chi connectivity index (χ3v) is 6.47. The largest absolute Gasteiger partial charge is 0.383 e. The van der Waals surface area contributed by atoms with Gasteiger partial charge < -0.3 is 10.6 Å². The van der Waals surface area contributed by atoms with E-state index in [1.54, 1.807) is 4.90 Å². The van der Waals surface area contributed by atoms with Crippen molar-refractivity contribution in [3.63, 3.8) is 0 Å². The molecule has 2 fully saturated rings. The number of rotatable bonds is 8. The number of unbranched alkanes of at least 4 members (excludes halogenated alkanes) is 1. The first-order valence-electron chi connectivity index (χ1n) is 10.8. The fourth-order valence-corrected chi connectivity index (χ4v) is 4.84. The van der Waals surface area contributed by atoms with Gasteiger partial charge in [-0.05, 0) is 49.9 Å². The van der Waals surface area contributed by atoms with Crippen molar-refractivity contribution >= 4 is 17.4 Å². The Kier molecular flexibility index (Phi) is 6.30. The van der Waals surface area contributed by atoms with E-state index in [1.807, 2.05) is 6.92 Å². The molecule has 0 saturated heterocycles. The monoisotopic (exact) mass is 390 g/mol. The summed E-state index contributed by atoms with van der Waals surface area (Å²) in [5, 5.41) is 0. The van der Waals surface area contributed by atoms with Crippen LogP contribution >= 0.6 is 0 Å². The Balaban J connectivity index is 1.99. The zero-order valence-corrected chi connectivity index (χ0v) is 17.4. The van der Waals surface area contributed by atoms with Gasteiger partial charge in [0.1, 0.15) is 5.82 Å². The fourth-order valence-electron chi connectivity index (χ4n) is 4.84. The smallest absolute Gasteiger partial charge is 0.330 e. The molecule has 1 aromatic rings. The van der Waals surface area contributed by atoms with Crippen LogP contribution in [0.15, 0.2) is 9.59 Å². The molecule has 156 valence electrons. The van der Waals surface area contributed by atoms with Crippen LogP contribution in [-0.2, 0) is 11.3 Å². The molecule has 7 nitrogen and oxygen atoms in total. The topological polar surface area (TPSA) is 101 Å². The number of nitrogen functional groups attached to an aromatic ring is 1. The zero-order chi connectivity index (χ0) is 20.4. The van der Waals surface area contributed by atoms with E-state index in [-0.39, 0.29) is 23.3 Å². The van der Waals surface area contributed by atoms with Crippen LogP contribution in [0, 0.1) is 23.7 Å². The summed E-state index contributed by atoms with van der Waals surface area (Å²) in [6.45, 7) is 7.10. The summed E-state index contributed by atoms with van der Waals surface area (Å²) in [6.07, 6.45) is 6.81. The lowest BCUT2D eigenvalue weighted by Crippen LogP contribution is -2.45. The highest BCUT2D eigenvalue weighted by atomic mass is 16.2.